The number of hydrogen-bond acceptors (Lipinski definition) is 3. The molecule has 0 spiro atoms. The monoisotopic (exact) mass is 342 g/mol. The predicted octanol–water partition coefficient (Wildman–Crippen LogP) is 2.34. The third-order valence-electron chi connectivity index (χ3n) is 4.90. The van der Waals surface area contributed by atoms with Gasteiger partial charge in [-0.3, -0.25) is 14.5 Å². The molecule has 1 unspecified atom stereocenters. The molecule has 2 aromatic rings. The highest BCUT2D eigenvalue weighted by Crippen LogP contribution is 2.22. The Bertz CT molecular complexity index is 747. The minimum Gasteiger partial charge on any atom is -0.361 e. The van der Waals surface area contributed by atoms with Crippen molar-refractivity contribution >= 4 is 28.4 Å². The molecule has 0 radical (unpaired) electrons. The quantitative estimate of drug-likeness (QED) is 0.730. The van der Waals surface area contributed by atoms with Gasteiger partial charge in [-0.05, 0) is 50.0 Å². The molecule has 25 heavy (non-hydrogen) atoms. The first-order chi connectivity index (χ1) is 12.1. The van der Waals surface area contributed by atoms with Gasteiger partial charge in [-0.25, -0.2) is 0 Å². The molecule has 0 aliphatic carbocycles. The summed E-state index contributed by atoms with van der Waals surface area (Å²) in [4.78, 5) is 29.9. The molecule has 3 rings (SSSR count). The molecule has 6 heteroatoms. The van der Waals surface area contributed by atoms with E-state index in [4.69, 9.17) is 0 Å². The number of amides is 2. The molecule has 3 N–H and O–H groups in total. The van der Waals surface area contributed by atoms with Crippen molar-refractivity contribution in [1.82, 2.24) is 15.2 Å². The minimum absolute atomic E-state index is 0.271. The Labute approximate surface area is 148 Å². The molecule has 0 saturated carbocycles. The maximum Gasteiger partial charge on any atom is 0.313 e. The Morgan fingerprint density at radius 2 is 1.92 bits per heavy atom. The summed E-state index contributed by atoms with van der Waals surface area (Å²) in [6.07, 6.45) is 4.22. The van der Waals surface area contributed by atoms with Crippen molar-refractivity contribution in [3.8, 4) is 0 Å². The standard InChI is InChI=1S/C19H26N4O2/c1-13(2)17(23-10-3-4-11-23)12-21-18(24)19(25)22-16-7-5-6-15-14(16)8-9-20-15/h5-9,13,17,20H,3-4,10-12H2,1-2H3,(H,21,24)(H,22,25). The smallest absolute Gasteiger partial charge is 0.313 e. The van der Waals surface area contributed by atoms with Gasteiger partial charge in [-0.2, -0.15) is 0 Å². The molecule has 1 atom stereocenters. The van der Waals surface area contributed by atoms with Crippen molar-refractivity contribution in [1.29, 1.82) is 0 Å². The van der Waals surface area contributed by atoms with Crippen molar-refractivity contribution in [2.45, 2.75) is 32.7 Å². The van der Waals surface area contributed by atoms with Gasteiger partial charge in [0.1, 0.15) is 0 Å². The van der Waals surface area contributed by atoms with Gasteiger partial charge in [-0.1, -0.05) is 19.9 Å². The summed E-state index contributed by atoms with van der Waals surface area (Å²) >= 11 is 0. The highest BCUT2D eigenvalue weighted by Gasteiger charge is 2.26. The van der Waals surface area contributed by atoms with E-state index in [-0.39, 0.29) is 6.04 Å². The zero-order chi connectivity index (χ0) is 17.8. The fourth-order valence-electron chi connectivity index (χ4n) is 3.51. The number of likely N-dealkylation sites (tertiary alicyclic amines) is 1. The van der Waals surface area contributed by atoms with E-state index in [2.05, 4.69) is 34.4 Å². The van der Waals surface area contributed by atoms with Gasteiger partial charge >= 0.3 is 11.8 Å². The highest BCUT2D eigenvalue weighted by molar-refractivity contribution is 6.40. The van der Waals surface area contributed by atoms with Gasteiger partial charge in [0.05, 0.1) is 5.69 Å². The van der Waals surface area contributed by atoms with Crippen molar-refractivity contribution in [2.75, 3.05) is 25.0 Å². The zero-order valence-corrected chi connectivity index (χ0v) is 14.8. The summed E-state index contributed by atoms with van der Waals surface area (Å²) in [5.41, 5.74) is 1.56. The number of aromatic nitrogens is 1. The average Bonchev–Trinajstić information content (AvgIpc) is 3.26. The second-order valence-corrected chi connectivity index (χ2v) is 6.96. The van der Waals surface area contributed by atoms with Crippen LogP contribution in [0, 0.1) is 5.92 Å². The van der Waals surface area contributed by atoms with Gasteiger partial charge in [0.25, 0.3) is 0 Å². The van der Waals surface area contributed by atoms with Gasteiger partial charge in [0, 0.05) is 29.7 Å². The highest BCUT2D eigenvalue weighted by atomic mass is 16.2. The van der Waals surface area contributed by atoms with E-state index in [1.165, 1.54) is 12.8 Å². The number of benzene rings is 1. The predicted molar refractivity (Wildman–Crippen MR) is 99.4 cm³/mol. The molecule has 1 fully saturated rings. The van der Waals surface area contributed by atoms with Crippen molar-refractivity contribution in [2.24, 2.45) is 5.92 Å². The Kier molecular flexibility index (Phi) is 5.38. The van der Waals surface area contributed by atoms with Gasteiger partial charge in [-0.15, -0.1) is 0 Å². The van der Waals surface area contributed by atoms with Crippen LogP contribution in [0.2, 0.25) is 0 Å². The summed E-state index contributed by atoms with van der Waals surface area (Å²) in [7, 11) is 0. The Balaban J connectivity index is 1.58. The number of fused-ring (bicyclic) bond motifs is 1. The summed E-state index contributed by atoms with van der Waals surface area (Å²) in [6, 6.07) is 7.71. The first kappa shape index (κ1) is 17.5. The van der Waals surface area contributed by atoms with E-state index in [1.54, 1.807) is 6.07 Å². The molecule has 134 valence electrons. The van der Waals surface area contributed by atoms with Crippen molar-refractivity contribution in [3.05, 3.63) is 30.5 Å². The summed E-state index contributed by atoms with van der Waals surface area (Å²) in [6.45, 7) is 6.95. The number of aromatic amines is 1. The second-order valence-electron chi connectivity index (χ2n) is 6.96. The summed E-state index contributed by atoms with van der Waals surface area (Å²) in [5, 5.41) is 6.40. The van der Waals surface area contributed by atoms with E-state index in [0.717, 1.165) is 24.0 Å². The summed E-state index contributed by atoms with van der Waals surface area (Å²) in [5.74, 6) is -0.787. The van der Waals surface area contributed by atoms with Crippen LogP contribution in [0.15, 0.2) is 30.5 Å². The van der Waals surface area contributed by atoms with Crippen LogP contribution in [-0.2, 0) is 9.59 Å². The Hall–Kier alpha value is -2.34. The van der Waals surface area contributed by atoms with Crippen LogP contribution in [0.5, 0.6) is 0 Å². The van der Waals surface area contributed by atoms with Gasteiger partial charge in [0.15, 0.2) is 0 Å². The summed E-state index contributed by atoms with van der Waals surface area (Å²) < 4.78 is 0. The van der Waals surface area contributed by atoms with Crippen LogP contribution >= 0.6 is 0 Å². The van der Waals surface area contributed by atoms with E-state index < -0.39 is 11.8 Å². The molecule has 1 aliphatic heterocycles. The molecule has 1 aliphatic rings. The lowest BCUT2D eigenvalue weighted by molar-refractivity contribution is -0.136. The van der Waals surface area contributed by atoms with Crippen molar-refractivity contribution in [3.63, 3.8) is 0 Å². The molecule has 0 bridgehead atoms. The number of anilines is 1. The number of hydrogen-bond donors (Lipinski definition) is 3. The molecule has 1 aromatic heterocycles. The average molecular weight is 342 g/mol. The van der Waals surface area contributed by atoms with Crippen molar-refractivity contribution < 1.29 is 9.59 Å². The molecule has 6 nitrogen and oxygen atoms in total. The SMILES string of the molecule is CC(C)C(CNC(=O)C(=O)Nc1cccc2[nH]ccc12)N1CCCC1. The minimum atomic E-state index is -0.627. The number of carbonyl (C=O) groups is 2. The van der Waals surface area contributed by atoms with E-state index >= 15 is 0 Å². The number of nitrogens with zero attached hydrogens (tertiary/aromatic N) is 1. The number of H-pyrrole nitrogens is 1. The lowest BCUT2D eigenvalue weighted by Gasteiger charge is -2.30. The number of nitrogens with one attached hydrogen (secondary N) is 3. The molecule has 2 amide bonds. The molecular formula is C19H26N4O2. The first-order valence-electron chi connectivity index (χ1n) is 8.95. The van der Waals surface area contributed by atoms with Crippen LogP contribution in [0.4, 0.5) is 5.69 Å². The molecule has 1 saturated heterocycles. The molecular weight excluding hydrogens is 316 g/mol. The fourth-order valence-corrected chi connectivity index (χ4v) is 3.51. The van der Waals surface area contributed by atoms with Crippen LogP contribution in [-0.4, -0.2) is 47.4 Å². The third kappa shape index (κ3) is 4.02. The molecule has 2 heterocycles. The van der Waals surface area contributed by atoms with Crippen LogP contribution in [0.1, 0.15) is 26.7 Å². The van der Waals surface area contributed by atoms with Crippen LogP contribution < -0.4 is 10.6 Å². The first-order valence-corrected chi connectivity index (χ1v) is 8.95. The fraction of sp³-hybridized carbons (Fsp3) is 0.474. The number of carbonyl (C=O) groups excluding carboxylic acids is 2. The largest absolute Gasteiger partial charge is 0.361 e. The zero-order valence-electron chi connectivity index (χ0n) is 14.8. The van der Waals surface area contributed by atoms with E-state index in [9.17, 15) is 9.59 Å². The van der Waals surface area contributed by atoms with Gasteiger partial charge < -0.3 is 15.6 Å². The third-order valence-corrected chi connectivity index (χ3v) is 4.90. The second kappa shape index (κ2) is 7.70. The maximum atomic E-state index is 12.2. The number of rotatable bonds is 5. The Morgan fingerprint density at radius 3 is 2.64 bits per heavy atom. The van der Waals surface area contributed by atoms with Gasteiger partial charge in [0.2, 0.25) is 0 Å². The van der Waals surface area contributed by atoms with Crippen LogP contribution in [0.3, 0.4) is 0 Å². The normalized spacial score (nSPS) is 16.3. The van der Waals surface area contributed by atoms with E-state index in [0.29, 0.717) is 18.2 Å². The van der Waals surface area contributed by atoms with E-state index in [1.807, 2.05) is 24.4 Å². The molecule has 1 aromatic carbocycles. The lowest BCUT2D eigenvalue weighted by atomic mass is 10.0. The maximum absolute atomic E-state index is 12.2. The topological polar surface area (TPSA) is 77.2 Å². The van der Waals surface area contributed by atoms with Crippen LogP contribution in [0.25, 0.3) is 10.9 Å². The lowest BCUT2D eigenvalue weighted by Crippen LogP contribution is -2.47. The Morgan fingerprint density at radius 1 is 1.16 bits per heavy atom.